The van der Waals surface area contributed by atoms with Crippen molar-refractivity contribution in [3.63, 3.8) is 0 Å². The van der Waals surface area contributed by atoms with Gasteiger partial charge in [0.1, 0.15) is 16.0 Å². The maximum absolute atomic E-state index is 13.2. The zero-order valence-corrected chi connectivity index (χ0v) is 17.9. The van der Waals surface area contributed by atoms with E-state index in [0.29, 0.717) is 5.82 Å². The number of urea groups is 1. The smallest absolute Gasteiger partial charge is 0.319 e. The highest BCUT2D eigenvalue weighted by atomic mass is 35.5. The van der Waals surface area contributed by atoms with Gasteiger partial charge < -0.3 is 20.3 Å². The van der Waals surface area contributed by atoms with Crippen LogP contribution in [0.3, 0.4) is 0 Å². The normalized spacial score (nSPS) is 17.7. The Bertz CT molecular complexity index is 1080. The van der Waals surface area contributed by atoms with Crippen LogP contribution in [0, 0.1) is 0 Å². The van der Waals surface area contributed by atoms with Gasteiger partial charge in [-0.05, 0) is 38.8 Å². The van der Waals surface area contributed by atoms with E-state index in [0.717, 1.165) is 18.4 Å². The molecule has 0 bridgehead atoms. The van der Waals surface area contributed by atoms with E-state index in [2.05, 4.69) is 15.6 Å². The lowest BCUT2D eigenvalue weighted by Crippen LogP contribution is -2.37. The maximum atomic E-state index is 13.2. The molecular formula is C19H23ClN4O4S. The number of imidazole rings is 1. The minimum absolute atomic E-state index is 0.0443. The van der Waals surface area contributed by atoms with Crippen LogP contribution in [0.5, 0.6) is 5.75 Å². The number of carbonyl (C=O) groups excluding carboxylic acids is 1. The van der Waals surface area contributed by atoms with Crippen molar-refractivity contribution in [2.75, 3.05) is 5.32 Å². The number of hydrogen-bond donors (Lipinski definition) is 3. The van der Waals surface area contributed by atoms with E-state index < -0.39 is 31.8 Å². The van der Waals surface area contributed by atoms with Crippen LogP contribution in [0.4, 0.5) is 10.5 Å². The third-order valence-electron chi connectivity index (χ3n) is 5.08. The fourth-order valence-corrected chi connectivity index (χ4v) is 5.41. The highest BCUT2D eigenvalue weighted by Gasteiger charge is 2.33. The number of rotatable bonds is 5. The van der Waals surface area contributed by atoms with Crippen LogP contribution in [0.25, 0.3) is 0 Å². The molecule has 0 aliphatic heterocycles. The largest absolute Gasteiger partial charge is 0.504 e. The van der Waals surface area contributed by atoms with Crippen molar-refractivity contribution < 1.29 is 18.3 Å². The van der Waals surface area contributed by atoms with Gasteiger partial charge in [0.25, 0.3) is 0 Å². The summed E-state index contributed by atoms with van der Waals surface area (Å²) < 4.78 is 27.9. The SMILES string of the molecule is CC1=CCCC1NC(=O)Nc1ccc(Cl)c(S(=O)(=O)C(C)c2nccn2C)c1O. The molecule has 3 rings (SSSR count). The Balaban J connectivity index is 1.90. The van der Waals surface area contributed by atoms with Gasteiger partial charge in [-0.2, -0.15) is 0 Å². The summed E-state index contributed by atoms with van der Waals surface area (Å²) in [5.41, 5.74) is 1.02. The van der Waals surface area contributed by atoms with Crippen LogP contribution in [-0.4, -0.2) is 35.1 Å². The lowest BCUT2D eigenvalue weighted by molar-refractivity contribution is 0.249. The highest BCUT2D eigenvalue weighted by molar-refractivity contribution is 7.91. The van der Waals surface area contributed by atoms with Crippen molar-refractivity contribution in [3.8, 4) is 5.75 Å². The Morgan fingerprint density at radius 3 is 2.72 bits per heavy atom. The number of amides is 2. The van der Waals surface area contributed by atoms with Gasteiger partial charge in [-0.15, -0.1) is 0 Å². The van der Waals surface area contributed by atoms with Crippen molar-refractivity contribution in [2.24, 2.45) is 7.05 Å². The van der Waals surface area contributed by atoms with Crippen LogP contribution in [0.1, 0.15) is 37.8 Å². The number of benzene rings is 1. The number of allylic oxidation sites excluding steroid dienone is 1. The van der Waals surface area contributed by atoms with E-state index in [1.807, 2.05) is 13.0 Å². The van der Waals surface area contributed by atoms with Crippen LogP contribution in [0.2, 0.25) is 5.02 Å². The number of nitrogens with zero attached hydrogens (tertiary/aromatic N) is 2. The molecule has 1 aromatic heterocycles. The van der Waals surface area contributed by atoms with Gasteiger partial charge in [0.2, 0.25) is 0 Å². The molecule has 1 aromatic carbocycles. The first-order valence-corrected chi connectivity index (χ1v) is 11.0. The molecule has 0 spiro atoms. The molecule has 2 atom stereocenters. The third kappa shape index (κ3) is 4.11. The lowest BCUT2D eigenvalue weighted by atomic mass is 10.2. The van der Waals surface area contributed by atoms with Crippen LogP contribution in [-0.2, 0) is 16.9 Å². The second-order valence-electron chi connectivity index (χ2n) is 7.03. The second-order valence-corrected chi connectivity index (χ2v) is 9.65. The zero-order valence-electron chi connectivity index (χ0n) is 16.3. The molecule has 8 nitrogen and oxygen atoms in total. The summed E-state index contributed by atoms with van der Waals surface area (Å²) >= 11 is 6.12. The Morgan fingerprint density at radius 1 is 1.41 bits per heavy atom. The molecule has 0 radical (unpaired) electrons. The van der Waals surface area contributed by atoms with Gasteiger partial charge in [0.05, 0.1) is 16.8 Å². The average Bonchev–Trinajstić information content (AvgIpc) is 3.25. The molecule has 2 aromatic rings. The molecule has 0 fully saturated rings. The summed E-state index contributed by atoms with van der Waals surface area (Å²) in [6.45, 7) is 3.40. The highest BCUT2D eigenvalue weighted by Crippen LogP contribution is 2.41. The Kier molecular flexibility index (Phi) is 5.90. The van der Waals surface area contributed by atoms with E-state index >= 15 is 0 Å². The molecule has 156 valence electrons. The van der Waals surface area contributed by atoms with Gasteiger partial charge >= 0.3 is 6.03 Å². The van der Waals surface area contributed by atoms with E-state index in [1.54, 1.807) is 17.8 Å². The summed E-state index contributed by atoms with van der Waals surface area (Å²) in [5.74, 6) is -0.299. The predicted molar refractivity (Wildman–Crippen MR) is 111 cm³/mol. The van der Waals surface area contributed by atoms with Gasteiger partial charge in [-0.3, -0.25) is 0 Å². The molecule has 0 saturated heterocycles. The van der Waals surface area contributed by atoms with Crippen molar-refractivity contribution >= 4 is 33.2 Å². The topological polar surface area (TPSA) is 113 Å². The molecule has 2 unspecified atom stereocenters. The van der Waals surface area contributed by atoms with Crippen LogP contribution in [0.15, 0.2) is 41.1 Å². The molecule has 1 aliphatic rings. The van der Waals surface area contributed by atoms with E-state index in [-0.39, 0.29) is 16.8 Å². The number of aromatic nitrogens is 2. The third-order valence-corrected chi connectivity index (χ3v) is 7.63. The maximum Gasteiger partial charge on any atom is 0.319 e. The van der Waals surface area contributed by atoms with Gasteiger partial charge in [-0.25, -0.2) is 18.2 Å². The first-order chi connectivity index (χ1) is 13.6. The number of phenolic OH excluding ortho intramolecular Hbond substituents is 1. The fourth-order valence-electron chi connectivity index (χ4n) is 3.35. The number of hydrogen-bond acceptors (Lipinski definition) is 5. The number of sulfone groups is 1. The lowest BCUT2D eigenvalue weighted by Gasteiger charge is -2.18. The van der Waals surface area contributed by atoms with E-state index in [9.17, 15) is 18.3 Å². The first kappa shape index (κ1) is 21.2. The van der Waals surface area contributed by atoms with Gasteiger partial charge in [0.15, 0.2) is 15.6 Å². The summed E-state index contributed by atoms with van der Waals surface area (Å²) in [7, 11) is -2.40. The van der Waals surface area contributed by atoms with Gasteiger partial charge in [0, 0.05) is 19.4 Å². The molecular weight excluding hydrogens is 416 g/mol. The fraction of sp³-hybridized carbons (Fsp3) is 0.368. The monoisotopic (exact) mass is 438 g/mol. The zero-order chi connectivity index (χ0) is 21.3. The Hall–Kier alpha value is -2.52. The molecule has 29 heavy (non-hydrogen) atoms. The van der Waals surface area contributed by atoms with Crippen LogP contribution >= 0.6 is 11.6 Å². The second kappa shape index (κ2) is 8.08. The molecule has 10 heteroatoms. The Labute approximate surface area is 174 Å². The number of aromatic hydroxyl groups is 1. The van der Waals surface area contributed by atoms with Crippen molar-refractivity contribution in [1.82, 2.24) is 14.9 Å². The number of anilines is 1. The summed E-state index contributed by atoms with van der Waals surface area (Å²) in [5, 5.41) is 14.8. The van der Waals surface area contributed by atoms with Crippen molar-refractivity contribution in [1.29, 1.82) is 0 Å². The minimum atomic E-state index is -4.08. The molecule has 1 aliphatic carbocycles. The number of halogens is 1. The number of phenols is 1. The molecule has 1 heterocycles. The molecule has 0 saturated carbocycles. The van der Waals surface area contributed by atoms with Crippen molar-refractivity contribution in [3.05, 3.63) is 47.0 Å². The number of aryl methyl sites for hydroxylation is 1. The molecule has 2 amide bonds. The predicted octanol–water partition coefficient (Wildman–Crippen LogP) is 3.54. The summed E-state index contributed by atoms with van der Waals surface area (Å²) in [6, 6.07) is 2.06. The average molecular weight is 439 g/mol. The summed E-state index contributed by atoms with van der Waals surface area (Å²) in [4.78, 5) is 16.0. The number of nitrogens with one attached hydrogen (secondary N) is 2. The molecule has 3 N–H and O–H groups in total. The summed E-state index contributed by atoms with van der Waals surface area (Å²) in [6.07, 6.45) is 6.85. The quantitative estimate of drug-likeness (QED) is 0.488. The van der Waals surface area contributed by atoms with E-state index in [1.165, 1.54) is 25.3 Å². The minimum Gasteiger partial charge on any atom is -0.504 e. The van der Waals surface area contributed by atoms with Crippen molar-refractivity contribution in [2.45, 2.75) is 42.9 Å². The van der Waals surface area contributed by atoms with E-state index in [4.69, 9.17) is 11.6 Å². The standard InChI is InChI=1S/C19H23ClN4O4S/c1-11-5-4-6-14(11)22-19(26)23-15-8-7-13(20)17(16(15)25)29(27,28)12(2)18-21-9-10-24(18)3/h5,7-10,12,14,25H,4,6H2,1-3H3,(H2,22,23,26). The first-order valence-electron chi connectivity index (χ1n) is 9.09. The van der Waals surface area contributed by atoms with Crippen LogP contribution < -0.4 is 10.6 Å². The number of carbonyl (C=O) groups is 1. The van der Waals surface area contributed by atoms with Gasteiger partial charge in [-0.1, -0.05) is 23.3 Å². The Morgan fingerprint density at radius 2 is 2.14 bits per heavy atom.